The second-order valence-electron chi connectivity index (χ2n) is 7.81. The molecular formula is C24H23N3O6. The van der Waals surface area contributed by atoms with Crippen molar-refractivity contribution in [2.75, 3.05) is 12.4 Å². The smallest absolute Gasteiger partial charge is 0.339 e. The molecule has 2 aromatic carbocycles. The molecule has 0 saturated heterocycles. The lowest BCUT2D eigenvalue weighted by Gasteiger charge is -2.21. The Morgan fingerprint density at radius 2 is 1.91 bits per heavy atom. The van der Waals surface area contributed by atoms with Crippen LogP contribution in [-0.4, -0.2) is 35.0 Å². The summed E-state index contributed by atoms with van der Waals surface area (Å²) in [7, 11) is 1.39. The molecule has 1 atom stereocenters. The molecule has 1 N–H and O–H groups in total. The molecule has 0 spiro atoms. The highest BCUT2D eigenvalue weighted by Gasteiger charge is 2.27. The van der Waals surface area contributed by atoms with Gasteiger partial charge in [0.15, 0.2) is 6.10 Å². The molecule has 0 aliphatic heterocycles. The number of methoxy groups -OCH3 is 1. The van der Waals surface area contributed by atoms with Crippen LogP contribution in [0.15, 0.2) is 42.5 Å². The number of rotatable bonds is 6. The average Bonchev–Trinajstić information content (AvgIpc) is 2.82. The number of non-ortho nitro benzene ring substituents is 1. The Kier molecular flexibility index (Phi) is 6.21. The number of benzene rings is 2. The summed E-state index contributed by atoms with van der Waals surface area (Å²) in [6, 6.07) is 11.2. The van der Waals surface area contributed by atoms with Crippen LogP contribution in [0.25, 0.3) is 10.9 Å². The Morgan fingerprint density at radius 3 is 2.67 bits per heavy atom. The fraction of sp³-hybridized carbons (Fsp3) is 0.292. The third-order valence-electron chi connectivity index (χ3n) is 5.68. The lowest BCUT2D eigenvalue weighted by atomic mass is 9.90. The quantitative estimate of drug-likeness (QED) is 0.340. The molecule has 0 saturated carbocycles. The van der Waals surface area contributed by atoms with Crippen LogP contribution in [0.2, 0.25) is 0 Å². The first-order chi connectivity index (χ1) is 15.9. The van der Waals surface area contributed by atoms with E-state index in [9.17, 15) is 19.7 Å². The highest BCUT2D eigenvalue weighted by molar-refractivity contribution is 6.06. The van der Waals surface area contributed by atoms with Crippen LogP contribution in [0, 0.1) is 10.1 Å². The maximum absolute atomic E-state index is 13.2. The van der Waals surface area contributed by atoms with E-state index in [1.54, 1.807) is 0 Å². The minimum Gasteiger partial charge on any atom is -0.495 e. The molecule has 1 unspecified atom stereocenters. The Hall–Kier alpha value is -4.01. The van der Waals surface area contributed by atoms with Crippen molar-refractivity contribution < 1.29 is 24.0 Å². The number of nitro groups is 1. The van der Waals surface area contributed by atoms with Crippen LogP contribution in [0.1, 0.15) is 41.4 Å². The third kappa shape index (κ3) is 4.48. The fourth-order valence-corrected chi connectivity index (χ4v) is 4.02. The summed E-state index contributed by atoms with van der Waals surface area (Å²) < 4.78 is 10.7. The first kappa shape index (κ1) is 22.2. The van der Waals surface area contributed by atoms with Crippen LogP contribution in [0.5, 0.6) is 5.75 Å². The summed E-state index contributed by atoms with van der Waals surface area (Å²) in [5, 5.41) is 14.3. The number of aromatic nitrogens is 1. The van der Waals surface area contributed by atoms with Crippen molar-refractivity contribution in [3.63, 3.8) is 0 Å². The van der Waals surface area contributed by atoms with Crippen molar-refractivity contribution in [2.45, 2.75) is 38.7 Å². The first-order valence-electron chi connectivity index (χ1n) is 10.6. The zero-order chi connectivity index (χ0) is 23.5. The predicted octanol–water partition coefficient (Wildman–Crippen LogP) is 4.21. The maximum atomic E-state index is 13.2. The molecule has 9 heteroatoms. The van der Waals surface area contributed by atoms with Crippen LogP contribution >= 0.6 is 0 Å². The topological polar surface area (TPSA) is 121 Å². The molecule has 170 valence electrons. The summed E-state index contributed by atoms with van der Waals surface area (Å²) >= 11 is 0. The maximum Gasteiger partial charge on any atom is 0.339 e. The zero-order valence-electron chi connectivity index (χ0n) is 18.3. The molecule has 0 fully saturated rings. The number of para-hydroxylation sites is 1. The number of aryl methyl sites for hydroxylation is 1. The molecule has 1 amide bonds. The Morgan fingerprint density at radius 1 is 1.15 bits per heavy atom. The number of pyridine rings is 1. The van der Waals surface area contributed by atoms with Gasteiger partial charge < -0.3 is 14.8 Å². The standard InChI is InChI=1S/C24H23N3O6/c1-14(23(28)26-20-13-15(27(30)31)11-12-21(20)32-2)33-24(29)22-16-7-3-5-9-18(16)25-19-10-6-4-8-17(19)22/h3,5,7,9,11-14H,4,6,8,10H2,1-2H3,(H,26,28). The molecule has 1 heterocycles. The lowest BCUT2D eigenvalue weighted by molar-refractivity contribution is -0.384. The summed E-state index contributed by atoms with van der Waals surface area (Å²) in [4.78, 5) is 41.2. The number of hydrogen-bond donors (Lipinski definition) is 1. The van der Waals surface area contributed by atoms with Crippen LogP contribution in [0.3, 0.4) is 0 Å². The largest absolute Gasteiger partial charge is 0.495 e. The van der Waals surface area contributed by atoms with E-state index < -0.39 is 22.9 Å². The van der Waals surface area contributed by atoms with Crippen molar-refractivity contribution >= 4 is 34.2 Å². The van der Waals surface area contributed by atoms with Gasteiger partial charge in [0.05, 0.1) is 28.8 Å². The molecule has 0 bridgehead atoms. The lowest BCUT2D eigenvalue weighted by Crippen LogP contribution is -2.30. The number of carbonyl (C=O) groups is 2. The molecule has 1 aromatic heterocycles. The molecule has 1 aliphatic rings. The van der Waals surface area contributed by atoms with Crippen molar-refractivity contribution in [2.24, 2.45) is 0 Å². The van der Waals surface area contributed by atoms with Gasteiger partial charge in [-0.3, -0.25) is 19.9 Å². The highest BCUT2D eigenvalue weighted by atomic mass is 16.6. The van der Waals surface area contributed by atoms with Gasteiger partial charge in [-0.05, 0) is 50.3 Å². The van der Waals surface area contributed by atoms with Gasteiger partial charge in [-0.15, -0.1) is 0 Å². The van der Waals surface area contributed by atoms with E-state index in [2.05, 4.69) is 5.32 Å². The Bertz CT molecular complexity index is 1260. The van der Waals surface area contributed by atoms with Gasteiger partial charge in [0, 0.05) is 23.2 Å². The number of anilines is 1. The molecule has 3 aromatic rings. The SMILES string of the molecule is COc1ccc([N+](=O)[O-])cc1NC(=O)C(C)OC(=O)c1c2c(nc3ccccc13)CCCC2. The van der Waals surface area contributed by atoms with Crippen molar-refractivity contribution in [1.29, 1.82) is 0 Å². The average molecular weight is 449 g/mol. The molecular weight excluding hydrogens is 426 g/mol. The van der Waals surface area contributed by atoms with Gasteiger partial charge in [-0.2, -0.15) is 0 Å². The number of amides is 1. The number of esters is 1. The van der Waals surface area contributed by atoms with E-state index in [-0.39, 0.29) is 17.1 Å². The Balaban J connectivity index is 1.59. The van der Waals surface area contributed by atoms with Gasteiger partial charge in [0.1, 0.15) is 5.75 Å². The number of nitrogens with zero attached hydrogens (tertiary/aromatic N) is 2. The number of hydrogen-bond acceptors (Lipinski definition) is 7. The van der Waals surface area contributed by atoms with Crippen LogP contribution in [-0.2, 0) is 22.4 Å². The number of nitro benzene ring substituents is 1. The highest BCUT2D eigenvalue weighted by Crippen LogP contribution is 2.31. The van der Waals surface area contributed by atoms with E-state index in [4.69, 9.17) is 14.5 Å². The van der Waals surface area contributed by atoms with E-state index in [1.165, 1.54) is 32.2 Å². The van der Waals surface area contributed by atoms with Gasteiger partial charge in [0.2, 0.25) is 0 Å². The Labute approximate surface area is 189 Å². The fourth-order valence-electron chi connectivity index (χ4n) is 4.02. The summed E-state index contributed by atoms with van der Waals surface area (Å²) in [5.41, 5.74) is 2.84. The van der Waals surface area contributed by atoms with Crippen molar-refractivity contribution in [1.82, 2.24) is 4.98 Å². The minimum atomic E-state index is -1.15. The monoisotopic (exact) mass is 449 g/mol. The van der Waals surface area contributed by atoms with E-state index in [0.717, 1.165) is 36.9 Å². The second-order valence-corrected chi connectivity index (χ2v) is 7.81. The third-order valence-corrected chi connectivity index (χ3v) is 5.68. The second kappa shape index (κ2) is 9.23. The molecule has 33 heavy (non-hydrogen) atoms. The van der Waals surface area contributed by atoms with Crippen LogP contribution in [0.4, 0.5) is 11.4 Å². The van der Waals surface area contributed by atoms with E-state index in [0.29, 0.717) is 16.5 Å². The van der Waals surface area contributed by atoms with E-state index >= 15 is 0 Å². The van der Waals surface area contributed by atoms with Gasteiger partial charge in [0.25, 0.3) is 11.6 Å². The van der Waals surface area contributed by atoms with Gasteiger partial charge in [-0.1, -0.05) is 18.2 Å². The van der Waals surface area contributed by atoms with Gasteiger partial charge >= 0.3 is 5.97 Å². The van der Waals surface area contributed by atoms with E-state index in [1.807, 2.05) is 24.3 Å². The van der Waals surface area contributed by atoms with Crippen molar-refractivity contribution in [3.8, 4) is 5.75 Å². The summed E-state index contributed by atoms with van der Waals surface area (Å²) in [6.45, 7) is 1.45. The summed E-state index contributed by atoms with van der Waals surface area (Å²) in [6.07, 6.45) is 2.34. The molecule has 9 nitrogen and oxygen atoms in total. The number of carbonyl (C=O) groups excluding carboxylic acids is 2. The van der Waals surface area contributed by atoms with Gasteiger partial charge in [-0.25, -0.2) is 4.79 Å². The normalized spacial score (nSPS) is 13.6. The minimum absolute atomic E-state index is 0.117. The number of ether oxygens (including phenoxy) is 2. The zero-order valence-corrected chi connectivity index (χ0v) is 18.3. The molecule has 0 radical (unpaired) electrons. The number of fused-ring (bicyclic) bond motifs is 2. The summed E-state index contributed by atoms with van der Waals surface area (Å²) in [5.74, 6) is -0.976. The first-order valence-corrected chi connectivity index (χ1v) is 10.6. The molecule has 1 aliphatic carbocycles. The van der Waals surface area contributed by atoms with Crippen molar-refractivity contribution in [3.05, 3.63) is 69.4 Å². The van der Waals surface area contributed by atoms with Crippen LogP contribution < -0.4 is 10.1 Å². The number of nitrogens with one attached hydrogen (secondary N) is 1. The predicted molar refractivity (Wildman–Crippen MR) is 122 cm³/mol. The molecule has 4 rings (SSSR count).